The summed E-state index contributed by atoms with van der Waals surface area (Å²) >= 11 is 0. The fraction of sp³-hybridized carbons (Fsp3) is 0.308. The Morgan fingerprint density at radius 1 is 1.40 bits per heavy atom. The molecule has 0 saturated heterocycles. The quantitative estimate of drug-likeness (QED) is 0.749. The summed E-state index contributed by atoms with van der Waals surface area (Å²) in [5.41, 5.74) is 1.04. The van der Waals surface area contributed by atoms with Gasteiger partial charge in [0, 0.05) is 12.1 Å². The van der Waals surface area contributed by atoms with Crippen molar-refractivity contribution in [1.82, 2.24) is 5.32 Å². The van der Waals surface area contributed by atoms with Gasteiger partial charge in [-0.2, -0.15) is 0 Å². The van der Waals surface area contributed by atoms with Gasteiger partial charge < -0.3 is 5.32 Å². The van der Waals surface area contributed by atoms with E-state index in [0.29, 0.717) is 0 Å². The van der Waals surface area contributed by atoms with Crippen LogP contribution in [0.1, 0.15) is 25.8 Å². The van der Waals surface area contributed by atoms with Gasteiger partial charge in [0.25, 0.3) is 0 Å². The summed E-state index contributed by atoms with van der Waals surface area (Å²) in [5, 5.41) is 2.87. The Hall–Kier alpha value is -1.57. The lowest BCUT2D eigenvalue weighted by Crippen LogP contribution is -2.30. The first-order valence-electron chi connectivity index (χ1n) is 5.26. The molecule has 0 aromatic heterocycles. The maximum Gasteiger partial charge on any atom is 0.244 e. The number of rotatable bonds is 4. The van der Waals surface area contributed by atoms with E-state index in [1.165, 1.54) is 0 Å². The van der Waals surface area contributed by atoms with Crippen molar-refractivity contribution in [2.45, 2.75) is 26.3 Å². The predicted octanol–water partition coefficient (Wildman–Crippen LogP) is 2.61. The van der Waals surface area contributed by atoms with Crippen molar-refractivity contribution >= 4 is 12.0 Å². The molecule has 2 heteroatoms. The summed E-state index contributed by atoms with van der Waals surface area (Å²) < 4.78 is 0. The van der Waals surface area contributed by atoms with Crippen LogP contribution >= 0.6 is 0 Å². The predicted molar refractivity (Wildman–Crippen MR) is 63.4 cm³/mol. The van der Waals surface area contributed by atoms with Crippen LogP contribution in [-0.4, -0.2) is 11.9 Å². The Kier molecular flexibility index (Phi) is 4.61. The summed E-state index contributed by atoms with van der Waals surface area (Å²) in [6.07, 6.45) is 4.34. The summed E-state index contributed by atoms with van der Waals surface area (Å²) in [6, 6.07) is 10.0. The van der Waals surface area contributed by atoms with Crippen molar-refractivity contribution < 1.29 is 4.79 Å². The second-order valence-electron chi connectivity index (χ2n) is 3.56. The monoisotopic (exact) mass is 203 g/mol. The molecular formula is C13H17NO. The van der Waals surface area contributed by atoms with Gasteiger partial charge in [-0.1, -0.05) is 37.3 Å². The zero-order chi connectivity index (χ0) is 11.1. The second-order valence-corrected chi connectivity index (χ2v) is 3.56. The van der Waals surface area contributed by atoms with Gasteiger partial charge in [0.2, 0.25) is 5.91 Å². The molecule has 0 aliphatic rings. The zero-order valence-electron chi connectivity index (χ0n) is 9.23. The largest absolute Gasteiger partial charge is 0.350 e. The summed E-state index contributed by atoms with van der Waals surface area (Å²) in [7, 11) is 0. The number of hydrogen-bond donors (Lipinski definition) is 1. The number of amides is 1. The van der Waals surface area contributed by atoms with Gasteiger partial charge in [0.15, 0.2) is 0 Å². The van der Waals surface area contributed by atoms with E-state index in [1.807, 2.05) is 50.3 Å². The molecule has 0 aliphatic heterocycles. The zero-order valence-corrected chi connectivity index (χ0v) is 9.23. The second kappa shape index (κ2) is 6.02. The van der Waals surface area contributed by atoms with E-state index in [0.717, 1.165) is 12.0 Å². The average Bonchev–Trinajstić information content (AvgIpc) is 2.27. The first-order valence-corrected chi connectivity index (χ1v) is 5.26. The molecule has 0 aliphatic carbocycles. The van der Waals surface area contributed by atoms with E-state index < -0.39 is 0 Å². The molecular weight excluding hydrogens is 186 g/mol. The molecule has 80 valence electrons. The minimum Gasteiger partial charge on any atom is -0.350 e. The number of nitrogens with one attached hydrogen (secondary N) is 1. The average molecular weight is 203 g/mol. The molecule has 1 amide bonds. The highest BCUT2D eigenvalue weighted by Gasteiger charge is 2.00. The van der Waals surface area contributed by atoms with Crippen LogP contribution in [0, 0.1) is 0 Å². The number of benzene rings is 1. The van der Waals surface area contributed by atoms with Gasteiger partial charge in [-0.3, -0.25) is 4.79 Å². The van der Waals surface area contributed by atoms with Crippen LogP contribution in [0.15, 0.2) is 36.4 Å². The van der Waals surface area contributed by atoms with Crippen LogP contribution in [0.3, 0.4) is 0 Å². The van der Waals surface area contributed by atoms with Gasteiger partial charge in [0.1, 0.15) is 0 Å². The maximum absolute atomic E-state index is 11.4. The van der Waals surface area contributed by atoms with Crippen molar-refractivity contribution in [1.29, 1.82) is 0 Å². The maximum atomic E-state index is 11.4. The number of carbonyl (C=O) groups is 1. The Labute approximate surface area is 91.0 Å². The van der Waals surface area contributed by atoms with Gasteiger partial charge in [-0.25, -0.2) is 0 Å². The third-order valence-electron chi connectivity index (χ3n) is 2.23. The van der Waals surface area contributed by atoms with Crippen molar-refractivity contribution in [2.24, 2.45) is 0 Å². The topological polar surface area (TPSA) is 29.1 Å². The molecule has 0 bridgehead atoms. The highest BCUT2D eigenvalue weighted by molar-refractivity contribution is 5.91. The standard InChI is InChI=1S/C13H17NO/c1-3-11(2)14-13(15)10-9-12-7-5-4-6-8-12/h4-11H,3H2,1-2H3,(H,14,15)/b10-9+/t11-/m1/s1. The van der Waals surface area contributed by atoms with Crippen molar-refractivity contribution in [3.05, 3.63) is 42.0 Å². The normalized spacial score (nSPS) is 12.7. The molecule has 0 unspecified atom stereocenters. The van der Waals surface area contributed by atoms with E-state index in [2.05, 4.69) is 5.32 Å². The van der Waals surface area contributed by atoms with E-state index in [1.54, 1.807) is 6.08 Å². The van der Waals surface area contributed by atoms with Crippen molar-refractivity contribution in [3.63, 3.8) is 0 Å². The van der Waals surface area contributed by atoms with Crippen LogP contribution in [0.4, 0.5) is 0 Å². The molecule has 0 fully saturated rings. The molecule has 0 spiro atoms. The summed E-state index contributed by atoms with van der Waals surface area (Å²) in [5.74, 6) is -0.0341. The fourth-order valence-electron chi connectivity index (χ4n) is 1.13. The minimum atomic E-state index is -0.0341. The molecule has 1 aromatic carbocycles. The molecule has 0 heterocycles. The molecule has 1 N–H and O–H groups in total. The summed E-state index contributed by atoms with van der Waals surface area (Å²) in [4.78, 5) is 11.4. The van der Waals surface area contributed by atoms with Crippen LogP contribution in [0.25, 0.3) is 6.08 Å². The molecule has 0 radical (unpaired) electrons. The Bertz CT molecular complexity index is 330. The highest BCUT2D eigenvalue weighted by atomic mass is 16.1. The third-order valence-corrected chi connectivity index (χ3v) is 2.23. The van der Waals surface area contributed by atoms with Crippen LogP contribution < -0.4 is 5.32 Å². The van der Waals surface area contributed by atoms with E-state index in [9.17, 15) is 4.79 Å². The van der Waals surface area contributed by atoms with Crippen molar-refractivity contribution in [2.75, 3.05) is 0 Å². The van der Waals surface area contributed by atoms with Gasteiger partial charge in [-0.05, 0) is 25.0 Å². The lowest BCUT2D eigenvalue weighted by molar-refractivity contribution is -0.117. The van der Waals surface area contributed by atoms with Gasteiger partial charge in [-0.15, -0.1) is 0 Å². The third kappa shape index (κ3) is 4.45. The molecule has 0 saturated carbocycles. The SMILES string of the molecule is CC[C@@H](C)NC(=O)/C=C/c1ccccc1. The Morgan fingerprint density at radius 3 is 2.67 bits per heavy atom. The van der Waals surface area contributed by atoms with E-state index in [-0.39, 0.29) is 11.9 Å². The number of hydrogen-bond acceptors (Lipinski definition) is 1. The highest BCUT2D eigenvalue weighted by Crippen LogP contribution is 2.00. The fourth-order valence-corrected chi connectivity index (χ4v) is 1.13. The van der Waals surface area contributed by atoms with Crippen LogP contribution in [0.5, 0.6) is 0 Å². The lowest BCUT2D eigenvalue weighted by atomic mass is 10.2. The van der Waals surface area contributed by atoms with Gasteiger partial charge >= 0.3 is 0 Å². The Balaban J connectivity index is 2.48. The first kappa shape index (κ1) is 11.5. The molecule has 15 heavy (non-hydrogen) atoms. The van der Waals surface area contributed by atoms with Crippen LogP contribution in [-0.2, 0) is 4.79 Å². The van der Waals surface area contributed by atoms with Gasteiger partial charge in [0.05, 0.1) is 0 Å². The molecule has 2 nitrogen and oxygen atoms in total. The summed E-state index contributed by atoms with van der Waals surface area (Å²) in [6.45, 7) is 4.04. The Morgan fingerprint density at radius 2 is 2.07 bits per heavy atom. The van der Waals surface area contributed by atoms with Crippen molar-refractivity contribution in [3.8, 4) is 0 Å². The van der Waals surface area contributed by atoms with Crippen LogP contribution in [0.2, 0.25) is 0 Å². The molecule has 1 atom stereocenters. The minimum absolute atomic E-state index is 0.0341. The first-order chi connectivity index (χ1) is 7.22. The van der Waals surface area contributed by atoms with E-state index in [4.69, 9.17) is 0 Å². The number of carbonyl (C=O) groups excluding carboxylic acids is 1. The smallest absolute Gasteiger partial charge is 0.244 e. The molecule has 1 rings (SSSR count). The lowest BCUT2D eigenvalue weighted by Gasteiger charge is -2.08. The molecule has 1 aromatic rings. The van der Waals surface area contributed by atoms with E-state index >= 15 is 0 Å².